The molecule has 1 aliphatic carbocycles. The summed E-state index contributed by atoms with van der Waals surface area (Å²) in [6, 6.07) is 26.8. The number of carbonyl (C=O) groups is 4. The first kappa shape index (κ1) is 46.4. The molecule has 0 radical (unpaired) electrons. The number of Topliss-reactive ketones (excluding diaryl/α,β-unsaturated/α-hetero) is 2. The van der Waals surface area contributed by atoms with Crippen molar-refractivity contribution < 1.29 is 37.1 Å². The monoisotopic (exact) mass is 900 g/mol. The number of hydrogen-bond acceptors (Lipinski definition) is 12. The van der Waals surface area contributed by atoms with Gasteiger partial charge in [-0.2, -0.15) is 4.98 Å². The Bertz CT molecular complexity index is 2650. The van der Waals surface area contributed by atoms with Gasteiger partial charge in [0.15, 0.2) is 15.6 Å². The van der Waals surface area contributed by atoms with Crippen LogP contribution in [0, 0.1) is 12.3 Å². The molecule has 65 heavy (non-hydrogen) atoms. The Morgan fingerprint density at radius 2 is 1.62 bits per heavy atom. The van der Waals surface area contributed by atoms with Gasteiger partial charge in [0.25, 0.3) is 5.91 Å². The van der Waals surface area contributed by atoms with Crippen LogP contribution in [0.2, 0.25) is 0 Å². The van der Waals surface area contributed by atoms with Gasteiger partial charge in [0.05, 0.1) is 36.3 Å². The lowest BCUT2D eigenvalue weighted by molar-refractivity contribution is -0.133. The van der Waals surface area contributed by atoms with E-state index < -0.39 is 15.9 Å². The Balaban J connectivity index is 0.780. The highest BCUT2D eigenvalue weighted by Gasteiger charge is 2.40. The molecule has 1 saturated carbocycles. The van der Waals surface area contributed by atoms with Crippen molar-refractivity contribution in [1.82, 2.24) is 20.2 Å². The molecule has 2 amide bonds. The Morgan fingerprint density at radius 3 is 2.37 bits per heavy atom. The van der Waals surface area contributed by atoms with Crippen LogP contribution in [0.1, 0.15) is 98.3 Å². The summed E-state index contributed by atoms with van der Waals surface area (Å²) in [5.41, 5.74) is 4.99. The molecule has 0 spiro atoms. The topological polar surface area (TPSA) is 186 Å². The number of nitrogens with zero attached hydrogens (tertiary/aromatic N) is 3. The zero-order valence-electron chi connectivity index (χ0n) is 37.3. The number of hydrogen-bond donors (Lipinski definition) is 3. The van der Waals surface area contributed by atoms with Gasteiger partial charge in [-0.3, -0.25) is 19.2 Å². The number of fused-ring (bicyclic) bond motifs is 1. The standard InChI is InChI=1S/C50H56N6O8S/c1-33-28-52-49(55-47(33)53-37-10-8-11-40(26-37)65(61,62)32-50(2,3)4)54-36-19-22-39(23-20-36)63-25-7-5-6-14-46(59)51-29-34-15-17-35(18-16-34)31-64-45-13-9-12-41-42(45)30-56(48(41)60)43-24-21-38(57)27-44(43)58/h8-13,15-20,22-23,26,28,43H,5-7,14,21,24-25,27,29-32H2,1-4H3,(H,51,59)(H2,52,53,54,55)/t43-/m0/s1. The van der Waals surface area contributed by atoms with Crippen LogP contribution < -0.4 is 25.4 Å². The average molecular weight is 901 g/mol. The third kappa shape index (κ3) is 12.6. The summed E-state index contributed by atoms with van der Waals surface area (Å²) in [5, 5.41) is 9.45. The number of anilines is 4. The molecule has 2 aliphatic rings. The van der Waals surface area contributed by atoms with Crippen LogP contribution in [0.15, 0.2) is 102 Å². The summed E-state index contributed by atoms with van der Waals surface area (Å²) in [6.07, 6.45) is 5.06. The van der Waals surface area contributed by atoms with Gasteiger partial charge in [0.2, 0.25) is 11.9 Å². The minimum atomic E-state index is -3.46. The van der Waals surface area contributed by atoms with Gasteiger partial charge in [-0.25, -0.2) is 13.4 Å². The summed E-state index contributed by atoms with van der Waals surface area (Å²) in [6.45, 7) is 9.09. The van der Waals surface area contributed by atoms with Crippen molar-refractivity contribution in [3.63, 3.8) is 0 Å². The number of unbranched alkanes of at least 4 members (excludes halogenated alkanes) is 2. The molecule has 4 aromatic carbocycles. The Labute approximate surface area is 380 Å². The van der Waals surface area contributed by atoms with Crippen molar-refractivity contribution in [1.29, 1.82) is 0 Å². The minimum Gasteiger partial charge on any atom is -0.494 e. The van der Waals surface area contributed by atoms with E-state index in [-0.39, 0.29) is 59.0 Å². The van der Waals surface area contributed by atoms with Crippen molar-refractivity contribution in [3.05, 3.63) is 125 Å². The maximum absolute atomic E-state index is 13.2. The number of ether oxygens (including phenoxy) is 2. The smallest absolute Gasteiger partial charge is 0.255 e. The molecule has 1 atom stereocenters. The molecule has 14 nitrogen and oxygen atoms in total. The van der Waals surface area contributed by atoms with Gasteiger partial charge < -0.3 is 30.3 Å². The van der Waals surface area contributed by atoms with Crippen LogP contribution in [0.3, 0.4) is 0 Å². The second-order valence-electron chi connectivity index (χ2n) is 17.8. The van der Waals surface area contributed by atoms with E-state index in [0.717, 1.165) is 53.0 Å². The van der Waals surface area contributed by atoms with Gasteiger partial charge >= 0.3 is 0 Å². The molecule has 5 aromatic rings. The quantitative estimate of drug-likeness (QED) is 0.0531. The van der Waals surface area contributed by atoms with E-state index in [0.29, 0.717) is 61.2 Å². The molecule has 7 rings (SSSR count). The van der Waals surface area contributed by atoms with Crippen LogP contribution in [0.5, 0.6) is 11.5 Å². The summed E-state index contributed by atoms with van der Waals surface area (Å²) in [5.74, 6) is 1.80. The predicted molar refractivity (Wildman–Crippen MR) is 248 cm³/mol. The number of aryl methyl sites for hydroxylation is 1. The zero-order valence-corrected chi connectivity index (χ0v) is 38.1. The lowest BCUT2D eigenvalue weighted by atomic mass is 9.92. The highest BCUT2D eigenvalue weighted by atomic mass is 32.2. The Hall–Kier alpha value is -6.61. The van der Waals surface area contributed by atoms with Gasteiger partial charge in [0, 0.05) is 53.6 Å². The predicted octanol–water partition coefficient (Wildman–Crippen LogP) is 8.57. The van der Waals surface area contributed by atoms with Crippen LogP contribution in [0.4, 0.5) is 23.1 Å². The maximum Gasteiger partial charge on any atom is 0.255 e. The van der Waals surface area contributed by atoms with E-state index in [1.54, 1.807) is 47.5 Å². The number of ketones is 2. The number of aromatic nitrogens is 2. The van der Waals surface area contributed by atoms with Gasteiger partial charge in [0.1, 0.15) is 29.7 Å². The normalized spacial score (nSPS) is 15.1. The second-order valence-corrected chi connectivity index (χ2v) is 19.8. The SMILES string of the molecule is Cc1cnc(Nc2ccc(OCCCCCC(=O)NCc3ccc(COc4cccc5c4CN([C@H]4CCC(=O)CC4=O)C5=O)cc3)cc2)nc1Nc1cccc(S(=O)(=O)CC(C)(C)C)c1. The Morgan fingerprint density at radius 1 is 0.862 bits per heavy atom. The van der Waals surface area contributed by atoms with E-state index >= 15 is 0 Å². The van der Waals surface area contributed by atoms with E-state index in [4.69, 9.17) is 9.47 Å². The number of rotatable bonds is 19. The highest BCUT2D eigenvalue weighted by molar-refractivity contribution is 7.91. The molecule has 340 valence electrons. The number of nitrogens with one attached hydrogen (secondary N) is 3. The van der Waals surface area contributed by atoms with Crippen molar-refractivity contribution in [2.75, 3.05) is 23.0 Å². The van der Waals surface area contributed by atoms with Crippen molar-refractivity contribution in [2.24, 2.45) is 5.41 Å². The van der Waals surface area contributed by atoms with Gasteiger partial charge in [-0.15, -0.1) is 0 Å². The first-order chi connectivity index (χ1) is 31.1. The minimum absolute atomic E-state index is 0.0128. The molecule has 2 heterocycles. The second kappa shape index (κ2) is 20.5. The van der Waals surface area contributed by atoms with Crippen molar-refractivity contribution in [3.8, 4) is 11.5 Å². The molecular formula is C50H56N6O8S. The molecule has 3 N–H and O–H groups in total. The first-order valence-corrected chi connectivity index (χ1v) is 23.6. The summed E-state index contributed by atoms with van der Waals surface area (Å²) >= 11 is 0. The fourth-order valence-electron chi connectivity index (χ4n) is 7.81. The summed E-state index contributed by atoms with van der Waals surface area (Å²) in [7, 11) is -3.46. The molecule has 0 bridgehead atoms. The summed E-state index contributed by atoms with van der Waals surface area (Å²) < 4.78 is 38.0. The highest BCUT2D eigenvalue weighted by Crippen LogP contribution is 2.35. The van der Waals surface area contributed by atoms with Crippen molar-refractivity contribution >= 4 is 56.4 Å². The third-order valence-electron chi connectivity index (χ3n) is 11.2. The van der Waals surface area contributed by atoms with E-state index in [1.807, 2.05) is 82.3 Å². The lowest BCUT2D eigenvalue weighted by Gasteiger charge is -2.29. The number of carbonyl (C=O) groups excluding carboxylic acids is 4. The van der Waals surface area contributed by atoms with Crippen LogP contribution in [0.25, 0.3) is 0 Å². The number of sulfone groups is 1. The van der Waals surface area contributed by atoms with Gasteiger partial charge in [-0.1, -0.05) is 57.2 Å². The molecule has 1 fully saturated rings. The molecule has 15 heteroatoms. The fourth-order valence-corrected chi connectivity index (χ4v) is 9.71. The number of amides is 2. The molecule has 1 aliphatic heterocycles. The van der Waals surface area contributed by atoms with Crippen LogP contribution in [-0.2, 0) is 43.9 Å². The summed E-state index contributed by atoms with van der Waals surface area (Å²) in [4.78, 5) is 60.9. The molecular weight excluding hydrogens is 845 g/mol. The molecule has 0 unspecified atom stereocenters. The molecule has 0 saturated heterocycles. The van der Waals surface area contributed by atoms with E-state index in [2.05, 4.69) is 25.9 Å². The van der Waals surface area contributed by atoms with E-state index in [9.17, 15) is 27.6 Å². The maximum atomic E-state index is 13.2. The lowest BCUT2D eigenvalue weighted by Crippen LogP contribution is -2.44. The van der Waals surface area contributed by atoms with Crippen LogP contribution in [-0.4, -0.2) is 65.1 Å². The molecule has 1 aromatic heterocycles. The van der Waals surface area contributed by atoms with Gasteiger partial charge in [-0.05, 0) is 104 Å². The van der Waals surface area contributed by atoms with E-state index in [1.165, 1.54) is 0 Å². The van der Waals surface area contributed by atoms with Crippen LogP contribution >= 0.6 is 0 Å². The average Bonchev–Trinajstić information content (AvgIpc) is 3.60. The fraction of sp³-hybridized carbons (Fsp3) is 0.360. The largest absolute Gasteiger partial charge is 0.494 e. The first-order valence-electron chi connectivity index (χ1n) is 22.0. The zero-order chi connectivity index (χ0) is 46.1. The third-order valence-corrected chi connectivity index (χ3v) is 13.4. The Kier molecular flexibility index (Phi) is 14.6. The van der Waals surface area contributed by atoms with Crippen molar-refractivity contribution in [2.45, 2.75) is 103 Å². The number of benzene rings is 4.